The predicted molar refractivity (Wildman–Crippen MR) is 91.8 cm³/mol. The highest BCUT2D eigenvalue weighted by atomic mass is 32.2. The number of primary amides is 1. The van der Waals surface area contributed by atoms with Crippen LogP contribution in [0, 0.1) is 0 Å². The zero-order valence-electron chi connectivity index (χ0n) is 12.9. The van der Waals surface area contributed by atoms with E-state index in [0.29, 0.717) is 16.3 Å². The normalized spacial score (nSPS) is 18.0. The van der Waals surface area contributed by atoms with Crippen LogP contribution in [0.1, 0.15) is 37.4 Å². The van der Waals surface area contributed by atoms with Crippen molar-refractivity contribution in [2.75, 3.05) is 29.5 Å². The van der Waals surface area contributed by atoms with Gasteiger partial charge in [0.2, 0.25) is 0 Å². The first kappa shape index (κ1) is 16.3. The lowest BCUT2D eigenvalue weighted by Crippen LogP contribution is -2.43. The van der Waals surface area contributed by atoms with Gasteiger partial charge in [-0.3, -0.25) is 4.79 Å². The number of carbonyl (C=O) groups excluding carboxylic acids is 1. The van der Waals surface area contributed by atoms with Gasteiger partial charge in [0.25, 0.3) is 5.91 Å². The van der Waals surface area contributed by atoms with E-state index < -0.39 is 5.91 Å². The molecule has 4 N–H and O–H groups in total. The minimum absolute atomic E-state index is 0.00597. The van der Waals surface area contributed by atoms with Crippen LogP contribution in [-0.4, -0.2) is 35.6 Å². The number of carbonyl (C=O) groups is 1. The summed E-state index contributed by atoms with van der Waals surface area (Å²) < 4.78 is 6.02. The Kier molecular flexibility index (Phi) is 4.63. The van der Waals surface area contributed by atoms with E-state index in [9.17, 15) is 4.79 Å². The fraction of sp³-hybridized carbons (Fsp3) is 0.643. The molecule has 0 bridgehead atoms. The van der Waals surface area contributed by atoms with Gasteiger partial charge in [0.05, 0.1) is 6.10 Å². The number of hydrogen-bond acceptors (Lipinski definition) is 6. The zero-order valence-corrected chi connectivity index (χ0v) is 14.6. The Balaban J connectivity index is 2.41. The van der Waals surface area contributed by atoms with Gasteiger partial charge < -0.3 is 21.1 Å². The lowest BCUT2D eigenvalue weighted by molar-refractivity contribution is 0.100. The maximum Gasteiger partial charge on any atom is 0.261 e. The van der Waals surface area contributed by atoms with E-state index in [1.165, 1.54) is 11.3 Å². The summed E-state index contributed by atoms with van der Waals surface area (Å²) in [5.74, 6) is 1.15. The van der Waals surface area contributed by atoms with Gasteiger partial charge >= 0.3 is 0 Å². The summed E-state index contributed by atoms with van der Waals surface area (Å²) in [5, 5.41) is 0.920. The van der Waals surface area contributed by atoms with Gasteiger partial charge in [-0.25, -0.2) is 0 Å². The van der Waals surface area contributed by atoms with Crippen molar-refractivity contribution in [1.82, 2.24) is 0 Å². The summed E-state index contributed by atoms with van der Waals surface area (Å²) in [6.07, 6.45) is -0.00597. The molecule has 2 rings (SSSR count). The van der Waals surface area contributed by atoms with Crippen molar-refractivity contribution in [3.05, 3.63) is 4.88 Å². The lowest BCUT2D eigenvalue weighted by Gasteiger charge is -2.38. The van der Waals surface area contributed by atoms with Crippen LogP contribution >= 0.6 is 23.1 Å². The fourth-order valence-electron chi connectivity index (χ4n) is 2.35. The number of amides is 1. The number of hydrogen-bond donors (Lipinski definition) is 2. The van der Waals surface area contributed by atoms with Crippen molar-refractivity contribution in [3.8, 4) is 5.75 Å². The highest BCUT2D eigenvalue weighted by Crippen LogP contribution is 2.47. The SMILES string of the molecule is CC(C)Oc1c(N2CCSC(C)(C)C2)sc(C(N)=O)c1N. The average Bonchev–Trinajstić information content (AvgIpc) is 2.65. The molecule has 0 aliphatic carbocycles. The van der Waals surface area contributed by atoms with Crippen LogP contribution < -0.4 is 21.1 Å². The molecule has 1 aromatic rings. The number of nitrogens with zero attached hydrogens (tertiary/aromatic N) is 1. The Morgan fingerprint density at radius 1 is 1.43 bits per heavy atom. The van der Waals surface area contributed by atoms with Crippen molar-refractivity contribution >= 4 is 39.7 Å². The van der Waals surface area contributed by atoms with Gasteiger partial charge in [-0.1, -0.05) is 0 Å². The van der Waals surface area contributed by atoms with E-state index in [-0.39, 0.29) is 10.9 Å². The first-order valence-electron chi connectivity index (χ1n) is 6.99. The Morgan fingerprint density at radius 3 is 2.62 bits per heavy atom. The molecule has 1 fully saturated rings. The Morgan fingerprint density at radius 2 is 2.10 bits per heavy atom. The molecule has 0 radical (unpaired) electrons. The van der Waals surface area contributed by atoms with E-state index in [0.717, 1.165) is 23.8 Å². The van der Waals surface area contributed by atoms with E-state index in [1.807, 2.05) is 25.6 Å². The number of nitrogen functional groups attached to an aromatic ring is 1. The number of ether oxygens (including phenoxy) is 1. The monoisotopic (exact) mass is 329 g/mol. The maximum atomic E-state index is 11.6. The summed E-state index contributed by atoms with van der Waals surface area (Å²) >= 11 is 3.29. The molecular formula is C14H23N3O2S2. The number of thioether (sulfide) groups is 1. The molecule has 0 aromatic carbocycles. The standard InChI is InChI=1S/C14H23N3O2S2/c1-8(2)19-10-9(15)11(12(16)18)21-13(10)17-5-6-20-14(3,4)7-17/h8H,5-7,15H2,1-4H3,(H2,16,18). The molecule has 5 nitrogen and oxygen atoms in total. The van der Waals surface area contributed by atoms with Crippen LogP contribution in [-0.2, 0) is 0 Å². The van der Waals surface area contributed by atoms with Crippen molar-refractivity contribution < 1.29 is 9.53 Å². The summed E-state index contributed by atoms with van der Waals surface area (Å²) in [6, 6.07) is 0. The largest absolute Gasteiger partial charge is 0.486 e. The third-order valence-corrected chi connectivity index (χ3v) is 5.73. The van der Waals surface area contributed by atoms with E-state index in [2.05, 4.69) is 18.7 Å². The molecule has 0 saturated carbocycles. The Hall–Kier alpha value is -1.08. The summed E-state index contributed by atoms with van der Waals surface area (Å²) in [5.41, 5.74) is 11.9. The molecule has 0 atom stereocenters. The minimum atomic E-state index is -0.497. The second-order valence-electron chi connectivity index (χ2n) is 6.04. The molecule has 1 aliphatic heterocycles. The summed E-state index contributed by atoms with van der Waals surface area (Å²) in [4.78, 5) is 14.2. The number of thiophene rings is 1. The minimum Gasteiger partial charge on any atom is -0.486 e. The molecule has 1 aliphatic rings. The van der Waals surface area contributed by atoms with E-state index in [4.69, 9.17) is 16.2 Å². The van der Waals surface area contributed by atoms with Crippen molar-refractivity contribution in [1.29, 1.82) is 0 Å². The second-order valence-corrected chi connectivity index (χ2v) is 8.84. The topological polar surface area (TPSA) is 81.6 Å². The van der Waals surface area contributed by atoms with Gasteiger partial charge in [-0.15, -0.1) is 11.3 Å². The third-order valence-electron chi connectivity index (χ3n) is 3.17. The van der Waals surface area contributed by atoms with Crippen LogP contribution in [0.25, 0.3) is 0 Å². The molecule has 118 valence electrons. The summed E-state index contributed by atoms with van der Waals surface area (Å²) in [7, 11) is 0. The smallest absolute Gasteiger partial charge is 0.261 e. The van der Waals surface area contributed by atoms with Crippen LogP contribution in [0.15, 0.2) is 0 Å². The number of nitrogens with two attached hydrogens (primary N) is 2. The quantitative estimate of drug-likeness (QED) is 0.887. The number of anilines is 2. The number of rotatable bonds is 4. The van der Waals surface area contributed by atoms with Crippen molar-refractivity contribution in [2.24, 2.45) is 5.73 Å². The van der Waals surface area contributed by atoms with Crippen molar-refractivity contribution in [3.63, 3.8) is 0 Å². The second kappa shape index (κ2) is 5.96. The van der Waals surface area contributed by atoms with Crippen molar-refractivity contribution in [2.45, 2.75) is 38.5 Å². The van der Waals surface area contributed by atoms with Crippen LogP contribution in [0.2, 0.25) is 0 Å². The van der Waals surface area contributed by atoms with Gasteiger partial charge in [-0.2, -0.15) is 11.8 Å². The third kappa shape index (κ3) is 3.58. The fourth-order valence-corrected chi connectivity index (χ4v) is 4.49. The highest BCUT2D eigenvalue weighted by molar-refractivity contribution is 8.00. The average molecular weight is 329 g/mol. The van der Waals surface area contributed by atoms with E-state index in [1.54, 1.807) is 0 Å². The first-order chi connectivity index (χ1) is 9.71. The van der Waals surface area contributed by atoms with Crippen LogP contribution in [0.3, 0.4) is 0 Å². The molecule has 0 spiro atoms. The van der Waals surface area contributed by atoms with Gasteiger partial charge in [0, 0.05) is 23.6 Å². The van der Waals surface area contributed by atoms with Gasteiger partial charge in [0.15, 0.2) is 5.75 Å². The molecule has 1 saturated heterocycles. The molecular weight excluding hydrogens is 306 g/mol. The van der Waals surface area contributed by atoms with Crippen LogP contribution in [0.5, 0.6) is 5.75 Å². The highest BCUT2D eigenvalue weighted by Gasteiger charge is 2.32. The molecule has 2 heterocycles. The molecule has 21 heavy (non-hydrogen) atoms. The lowest BCUT2D eigenvalue weighted by atomic mass is 10.2. The molecule has 7 heteroatoms. The molecule has 1 amide bonds. The molecule has 1 aromatic heterocycles. The molecule has 0 unspecified atom stereocenters. The maximum absolute atomic E-state index is 11.6. The zero-order chi connectivity index (χ0) is 15.8. The van der Waals surface area contributed by atoms with Gasteiger partial charge in [-0.05, 0) is 27.7 Å². The van der Waals surface area contributed by atoms with E-state index >= 15 is 0 Å². The summed E-state index contributed by atoms with van der Waals surface area (Å²) in [6.45, 7) is 10.1. The van der Waals surface area contributed by atoms with Crippen LogP contribution in [0.4, 0.5) is 10.7 Å². The first-order valence-corrected chi connectivity index (χ1v) is 8.79. The predicted octanol–water partition coefficient (Wildman–Crippen LogP) is 2.55. The Labute approximate surface area is 134 Å². The Bertz CT molecular complexity index is 541. The van der Waals surface area contributed by atoms with Gasteiger partial charge in [0.1, 0.15) is 15.6 Å².